The van der Waals surface area contributed by atoms with E-state index in [0.29, 0.717) is 0 Å². The Morgan fingerprint density at radius 2 is 1.20 bits per heavy atom. The Morgan fingerprint density at radius 1 is 0.600 bits per heavy atom. The molecule has 0 bridgehead atoms. The molecule has 1 aliphatic carbocycles. The molecule has 3 aromatic rings. The van der Waals surface area contributed by atoms with Crippen molar-refractivity contribution < 1.29 is 0 Å². The van der Waals surface area contributed by atoms with Gasteiger partial charge in [-0.05, 0) is 68.5 Å². The van der Waals surface area contributed by atoms with E-state index in [2.05, 4.69) is 89.3 Å². The average Bonchev–Trinajstić information content (AvgIpc) is 2.86. The van der Waals surface area contributed by atoms with Crippen LogP contribution < -0.4 is 0 Å². The first-order valence-corrected chi connectivity index (χ1v) is 7.87. The molecule has 0 saturated heterocycles. The van der Waals surface area contributed by atoms with Crippen molar-refractivity contribution in [2.75, 3.05) is 0 Å². The van der Waals surface area contributed by atoms with Crippen molar-refractivity contribution >= 4 is 22.6 Å². The van der Waals surface area contributed by atoms with E-state index < -0.39 is 0 Å². The van der Waals surface area contributed by atoms with Crippen LogP contribution in [0.2, 0.25) is 0 Å². The van der Waals surface area contributed by atoms with Crippen molar-refractivity contribution in [3.05, 3.63) is 81.4 Å². The quantitative estimate of drug-likeness (QED) is 0.388. The van der Waals surface area contributed by atoms with Crippen LogP contribution in [0.15, 0.2) is 66.7 Å². The molecule has 0 fully saturated rings. The van der Waals surface area contributed by atoms with Gasteiger partial charge in [0.05, 0.1) is 0 Å². The van der Waals surface area contributed by atoms with Crippen LogP contribution in [0, 0.1) is 3.57 Å². The molecular formula is C19H13I. The van der Waals surface area contributed by atoms with E-state index in [9.17, 15) is 0 Å². The van der Waals surface area contributed by atoms with Crippen molar-refractivity contribution in [2.24, 2.45) is 0 Å². The molecule has 4 rings (SSSR count). The molecule has 0 heterocycles. The second-order valence-corrected chi connectivity index (χ2v) is 6.31. The third-order valence-electron chi connectivity index (χ3n) is 4.01. The van der Waals surface area contributed by atoms with Gasteiger partial charge >= 0.3 is 0 Å². The van der Waals surface area contributed by atoms with Crippen molar-refractivity contribution in [1.29, 1.82) is 0 Å². The lowest BCUT2D eigenvalue weighted by molar-refractivity contribution is 1.26. The van der Waals surface area contributed by atoms with Crippen LogP contribution in [0.3, 0.4) is 0 Å². The standard InChI is InChI=1S/C19H13I/c20-19-11-4-3-8-17(19)16-10-5-9-15-14-7-2-1-6-13(14)12-18(15)16/h1-11H,12H2. The molecule has 0 atom stereocenters. The molecule has 0 saturated carbocycles. The predicted octanol–water partition coefficient (Wildman–Crippen LogP) is 5.53. The Labute approximate surface area is 132 Å². The highest BCUT2D eigenvalue weighted by Crippen LogP contribution is 2.42. The smallest absolute Gasteiger partial charge is 0.0208 e. The van der Waals surface area contributed by atoms with Crippen LogP contribution in [0.25, 0.3) is 22.3 Å². The number of benzene rings is 3. The van der Waals surface area contributed by atoms with Gasteiger partial charge in [0, 0.05) is 3.57 Å². The maximum atomic E-state index is 2.43. The molecule has 1 aliphatic rings. The molecule has 1 heteroatoms. The van der Waals surface area contributed by atoms with Gasteiger partial charge in [0.2, 0.25) is 0 Å². The van der Waals surface area contributed by atoms with Gasteiger partial charge in [-0.25, -0.2) is 0 Å². The number of hydrogen-bond donors (Lipinski definition) is 0. The molecule has 0 N–H and O–H groups in total. The minimum atomic E-state index is 1.05. The summed E-state index contributed by atoms with van der Waals surface area (Å²) in [6.07, 6.45) is 1.05. The van der Waals surface area contributed by atoms with Crippen LogP contribution in [-0.4, -0.2) is 0 Å². The second-order valence-electron chi connectivity index (χ2n) is 5.15. The van der Waals surface area contributed by atoms with E-state index in [1.807, 2.05) is 0 Å². The summed E-state index contributed by atoms with van der Waals surface area (Å²) in [7, 11) is 0. The minimum absolute atomic E-state index is 1.05. The first kappa shape index (κ1) is 12.2. The van der Waals surface area contributed by atoms with Crippen LogP contribution in [0.5, 0.6) is 0 Å². The van der Waals surface area contributed by atoms with Crippen molar-refractivity contribution in [3.8, 4) is 22.3 Å². The summed E-state index contributed by atoms with van der Waals surface area (Å²) in [5, 5.41) is 0. The van der Waals surface area contributed by atoms with Gasteiger partial charge < -0.3 is 0 Å². The third kappa shape index (κ3) is 1.80. The summed E-state index contributed by atoms with van der Waals surface area (Å²) in [6.45, 7) is 0. The van der Waals surface area contributed by atoms with Crippen molar-refractivity contribution in [1.82, 2.24) is 0 Å². The lowest BCUT2D eigenvalue weighted by Gasteiger charge is -2.10. The van der Waals surface area contributed by atoms with E-state index in [4.69, 9.17) is 0 Å². The molecule has 0 unspecified atom stereocenters. The van der Waals surface area contributed by atoms with E-state index >= 15 is 0 Å². The topological polar surface area (TPSA) is 0 Å². The number of hydrogen-bond acceptors (Lipinski definition) is 0. The van der Waals surface area contributed by atoms with E-state index in [-0.39, 0.29) is 0 Å². The molecule has 0 aromatic heterocycles. The van der Waals surface area contributed by atoms with E-state index in [1.54, 1.807) is 0 Å². The molecule has 96 valence electrons. The molecule has 20 heavy (non-hydrogen) atoms. The molecular weight excluding hydrogens is 355 g/mol. The number of rotatable bonds is 1. The largest absolute Gasteiger partial charge is 0.0619 e. The van der Waals surface area contributed by atoms with Gasteiger partial charge in [-0.2, -0.15) is 0 Å². The zero-order chi connectivity index (χ0) is 13.5. The zero-order valence-corrected chi connectivity index (χ0v) is 13.1. The summed E-state index contributed by atoms with van der Waals surface area (Å²) in [5.74, 6) is 0. The second kappa shape index (κ2) is 4.74. The Kier molecular flexibility index (Phi) is 2.88. The normalized spacial score (nSPS) is 12.1. The zero-order valence-electron chi connectivity index (χ0n) is 10.9. The minimum Gasteiger partial charge on any atom is -0.0619 e. The Hall–Kier alpha value is -1.61. The molecule has 0 radical (unpaired) electrons. The van der Waals surface area contributed by atoms with Crippen LogP contribution in [0.1, 0.15) is 11.1 Å². The first-order valence-electron chi connectivity index (χ1n) is 6.79. The Morgan fingerprint density at radius 3 is 2.00 bits per heavy atom. The van der Waals surface area contributed by atoms with Gasteiger partial charge in [0.1, 0.15) is 0 Å². The highest BCUT2D eigenvalue weighted by molar-refractivity contribution is 14.1. The summed E-state index contributed by atoms with van der Waals surface area (Å²) < 4.78 is 1.31. The summed E-state index contributed by atoms with van der Waals surface area (Å²) in [4.78, 5) is 0. The fourth-order valence-corrected chi connectivity index (χ4v) is 3.77. The highest BCUT2D eigenvalue weighted by Gasteiger charge is 2.21. The fourth-order valence-electron chi connectivity index (χ4n) is 3.09. The van der Waals surface area contributed by atoms with Crippen LogP contribution >= 0.6 is 22.6 Å². The predicted molar refractivity (Wildman–Crippen MR) is 92.8 cm³/mol. The van der Waals surface area contributed by atoms with Crippen LogP contribution in [0.4, 0.5) is 0 Å². The van der Waals surface area contributed by atoms with Gasteiger partial charge in [-0.1, -0.05) is 60.7 Å². The highest BCUT2D eigenvalue weighted by atomic mass is 127. The summed E-state index contributed by atoms with van der Waals surface area (Å²) in [5.41, 5.74) is 8.44. The van der Waals surface area contributed by atoms with Gasteiger partial charge in [0.25, 0.3) is 0 Å². The molecule has 0 nitrogen and oxygen atoms in total. The van der Waals surface area contributed by atoms with E-state index in [0.717, 1.165) is 6.42 Å². The fraction of sp³-hybridized carbons (Fsp3) is 0.0526. The monoisotopic (exact) mass is 368 g/mol. The van der Waals surface area contributed by atoms with Crippen molar-refractivity contribution in [3.63, 3.8) is 0 Å². The van der Waals surface area contributed by atoms with Gasteiger partial charge in [-0.15, -0.1) is 0 Å². The Balaban J connectivity index is 1.97. The number of halogens is 1. The SMILES string of the molecule is Ic1ccccc1-c1cccc2c1Cc1ccccc1-2. The van der Waals surface area contributed by atoms with Gasteiger partial charge in [0.15, 0.2) is 0 Å². The maximum Gasteiger partial charge on any atom is 0.0208 e. The van der Waals surface area contributed by atoms with Crippen molar-refractivity contribution in [2.45, 2.75) is 6.42 Å². The van der Waals surface area contributed by atoms with E-state index in [1.165, 1.54) is 37.0 Å². The third-order valence-corrected chi connectivity index (χ3v) is 4.96. The molecule has 0 aliphatic heterocycles. The lowest BCUT2D eigenvalue weighted by atomic mass is 9.96. The van der Waals surface area contributed by atoms with Gasteiger partial charge in [-0.3, -0.25) is 0 Å². The molecule has 0 spiro atoms. The average molecular weight is 368 g/mol. The Bertz CT molecular complexity index is 802. The number of fused-ring (bicyclic) bond motifs is 3. The molecule has 3 aromatic carbocycles. The summed E-state index contributed by atoms with van der Waals surface area (Å²) in [6, 6.07) is 24.1. The lowest BCUT2D eigenvalue weighted by Crippen LogP contribution is -1.89. The maximum absolute atomic E-state index is 2.43. The first-order chi connectivity index (χ1) is 9.84. The summed E-state index contributed by atoms with van der Waals surface area (Å²) >= 11 is 2.43. The molecule has 0 amide bonds. The van der Waals surface area contributed by atoms with Crippen LogP contribution in [-0.2, 0) is 6.42 Å².